The molecule has 1 aromatic rings. The Hall–Kier alpha value is -2.32. The lowest BCUT2D eigenvalue weighted by Crippen LogP contribution is -2.37. The Labute approximate surface area is 188 Å². The van der Waals surface area contributed by atoms with Crippen molar-refractivity contribution in [2.75, 3.05) is 20.2 Å². The van der Waals surface area contributed by atoms with Crippen molar-refractivity contribution in [3.05, 3.63) is 53.2 Å². The summed E-state index contributed by atoms with van der Waals surface area (Å²) < 4.78 is 38.7. The SMILES string of the molecule is C=C(NC1CCC(O)CC1)C(=N/OC)/C(=C/c1ccc(C(F)(F)F)cc1)CNCC(C)C. The molecule has 0 aliphatic heterocycles. The standard InChI is InChI=1S/C24H34F3N3O2/c1-16(2)14-28-15-19(13-18-5-7-20(8-6-18)24(25,26)27)23(30-32-4)17(3)29-21-9-11-22(31)12-10-21/h5-8,13,16,21-22,28-29,31H,3,9-12,14-15H2,1-2,4H3/b19-13+,30-23-. The zero-order valence-electron chi connectivity index (χ0n) is 19.0. The Kier molecular flexibility index (Phi) is 9.78. The minimum Gasteiger partial charge on any atom is -0.399 e. The molecule has 1 aromatic carbocycles. The molecule has 178 valence electrons. The van der Waals surface area contributed by atoms with E-state index in [4.69, 9.17) is 4.84 Å². The maximum Gasteiger partial charge on any atom is 0.416 e. The van der Waals surface area contributed by atoms with E-state index in [2.05, 4.69) is 36.2 Å². The molecule has 0 radical (unpaired) electrons. The van der Waals surface area contributed by atoms with E-state index in [9.17, 15) is 18.3 Å². The molecular formula is C24H34F3N3O2. The lowest BCUT2D eigenvalue weighted by molar-refractivity contribution is -0.137. The summed E-state index contributed by atoms with van der Waals surface area (Å²) in [4.78, 5) is 5.07. The van der Waals surface area contributed by atoms with Gasteiger partial charge in [0.25, 0.3) is 0 Å². The maximum absolute atomic E-state index is 12.9. The van der Waals surface area contributed by atoms with Crippen molar-refractivity contribution in [3.63, 3.8) is 0 Å². The highest BCUT2D eigenvalue weighted by atomic mass is 19.4. The van der Waals surface area contributed by atoms with Crippen LogP contribution in [0.4, 0.5) is 13.2 Å². The third-order valence-electron chi connectivity index (χ3n) is 5.29. The van der Waals surface area contributed by atoms with Crippen molar-refractivity contribution in [2.45, 2.75) is 57.9 Å². The zero-order valence-corrected chi connectivity index (χ0v) is 19.0. The second-order valence-electron chi connectivity index (χ2n) is 8.56. The van der Waals surface area contributed by atoms with Gasteiger partial charge in [-0.1, -0.05) is 37.7 Å². The van der Waals surface area contributed by atoms with Crippen LogP contribution in [0.3, 0.4) is 0 Å². The molecule has 2 rings (SSSR count). The third kappa shape index (κ3) is 8.31. The van der Waals surface area contributed by atoms with Crippen LogP contribution < -0.4 is 10.6 Å². The normalized spacial score (nSPS) is 20.4. The zero-order chi connectivity index (χ0) is 23.7. The van der Waals surface area contributed by atoms with Crippen LogP contribution in [0.1, 0.15) is 50.7 Å². The summed E-state index contributed by atoms with van der Waals surface area (Å²) in [5.74, 6) is 0.431. The number of aliphatic hydroxyl groups excluding tert-OH is 1. The van der Waals surface area contributed by atoms with Gasteiger partial charge in [-0.25, -0.2) is 0 Å². The molecular weight excluding hydrogens is 419 g/mol. The Bertz CT molecular complexity index is 794. The summed E-state index contributed by atoms with van der Waals surface area (Å²) >= 11 is 0. The molecule has 8 heteroatoms. The minimum absolute atomic E-state index is 0.170. The van der Waals surface area contributed by atoms with E-state index in [0.717, 1.165) is 49.9 Å². The monoisotopic (exact) mass is 453 g/mol. The van der Waals surface area contributed by atoms with Gasteiger partial charge in [0.1, 0.15) is 12.8 Å². The van der Waals surface area contributed by atoms with E-state index in [-0.39, 0.29) is 12.1 Å². The maximum atomic E-state index is 12.9. The highest BCUT2D eigenvalue weighted by molar-refractivity contribution is 6.14. The Balaban J connectivity index is 2.27. The van der Waals surface area contributed by atoms with E-state index in [1.54, 1.807) is 6.08 Å². The number of alkyl halides is 3. The number of rotatable bonds is 10. The van der Waals surface area contributed by atoms with Gasteiger partial charge >= 0.3 is 6.18 Å². The second-order valence-corrected chi connectivity index (χ2v) is 8.56. The first-order valence-corrected chi connectivity index (χ1v) is 10.9. The number of benzene rings is 1. The molecule has 0 atom stereocenters. The van der Waals surface area contributed by atoms with Crippen LogP contribution in [-0.2, 0) is 11.0 Å². The van der Waals surface area contributed by atoms with Gasteiger partial charge in [0.15, 0.2) is 0 Å². The summed E-state index contributed by atoms with van der Waals surface area (Å²) in [6.45, 7) is 9.54. The molecule has 0 heterocycles. The third-order valence-corrected chi connectivity index (χ3v) is 5.29. The summed E-state index contributed by atoms with van der Waals surface area (Å²) in [6.07, 6.45) is 0.260. The fourth-order valence-electron chi connectivity index (χ4n) is 3.60. The number of nitrogens with zero attached hydrogens (tertiary/aromatic N) is 1. The molecule has 1 aliphatic carbocycles. The van der Waals surface area contributed by atoms with Gasteiger partial charge in [-0.2, -0.15) is 13.2 Å². The average Bonchev–Trinajstić information content (AvgIpc) is 2.72. The topological polar surface area (TPSA) is 65.9 Å². The van der Waals surface area contributed by atoms with Gasteiger partial charge in [0.2, 0.25) is 0 Å². The molecule has 0 saturated heterocycles. The van der Waals surface area contributed by atoms with Crippen molar-refractivity contribution >= 4 is 11.8 Å². The Morgan fingerprint density at radius 2 is 1.84 bits per heavy atom. The number of aliphatic hydroxyl groups is 1. The highest BCUT2D eigenvalue weighted by Crippen LogP contribution is 2.29. The van der Waals surface area contributed by atoms with Crippen LogP contribution in [-0.4, -0.2) is 43.2 Å². The predicted octanol–water partition coefficient (Wildman–Crippen LogP) is 4.74. The molecule has 1 saturated carbocycles. The van der Waals surface area contributed by atoms with Crippen molar-refractivity contribution in [1.29, 1.82) is 0 Å². The largest absolute Gasteiger partial charge is 0.416 e. The van der Waals surface area contributed by atoms with E-state index < -0.39 is 11.7 Å². The molecule has 5 nitrogen and oxygen atoms in total. The van der Waals surface area contributed by atoms with E-state index in [1.807, 2.05) is 0 Å². The number of hydrogen-bond donors (Lipinski definition) is 3. The first-order valence-electron chi connectivity index (χ1n) is 10.9. The lowest BCUT2D eigenvalue weighted by atomic mass is 9.92. The molecule has 1 fully saturated rings. The number of nitrogens with one attached hydrogen (secondary N) is 2. The summed E-state index contributed by atoms with van der Waals surface area (Å²) in [5.41, 5.74) is 1.77. The summed E-state index contributed by atoms with van der Waals surface area (Å²) in [7, 11) is 1.45. The van der Waals surface area contributed by atoms with Crippen molar-refractivity contribution in [3.8, 4) is 0 Å². The quantitative estimate of drug-likeness (QED) is 0.354. The predicted molar refractivity (Wildman–Crippen MR) is 122 cm³/mol. The Morgan fingerprint density at radius 3 is 2.38 bits per heavy atom. The van der Waals surface area contributed by atoms with Gasteiger partial charge < -0.3 is 20.6 Å². The van der Waals surface area contributed by atoms with Gasteiger partial charge in [-0.3, -0.25) is 0 Å². The van der Waals surface area contributed by atoms with Crippen LogP contribution in [0.5, 0.6) is 0 Å². The van der Waals surface area contributed by atoms with Crippen LogP contribution in [0.25, 0.3) is 6.08 Å². The van der Waals surface area contributed by atoms with Crippen LogP contribution >= 0.6 is 0 Å². The van der Waals surface area contributed by atoms with Crippen molar-refractivity contribution in [2.24, 2.45) is 11.1 Å². The van der Waals surface area contributed by atoms with E-state index in [0.29, 0.717) is 29.4 Å². The smallest absolute Gasteiger partial charge is 0.399 e. The number of halogens is 3. The summed E-state index contributed by atoms with van der Waals surface area (Å²) in [5, 5.41) is 20.7. The number of oxime groups is 1. The van der Waals surface area contributed by atoms with E-state index >= 15 is 0 Å². The average molecular weight is 454 g/mol. The van der Waals surface area contributed by atoms with Crippen LogP contribution in [0.2, 0.25) is 0 Å². The summed E-state index contributed by atoms with van der Waals surface area (Å²) in [6, 6.07) is 5.18. The highest BCUT2D eigenvalue weighted by Gasteiger charge is 2.30. The van der Waals surface area contributed by atoms with Crippen LogP contribution in [0, 0.1) is 5.92 Å². The Morgan fingerprint density at radius 1 is 1.22 bits per heavy atom. The molecule has 3 N–H and O–H groups in total. The van der Waals surface area contributed by atoms with Gasteiger partial charge in [-0.05, 0) is 67.5 Å². The molecule has 0 unspecified atom stereocenters. The van der Waals surface area contributed by atoms with Crippen molar-refractivity contribution < 1.29 is 23.1 Å². The first-order chi connectivity index (χ1) is 15.1. The molecule has 0 spiro atoms. The van der Waals surface area contributed by atoms with Gasteiger partial charge in [0.05, 0.1) is 17.4 Å². The molecule has 0 amide bonds. The molecule has 1 aliphatic rings. The molecule has 32 heavy (non-hydrogen) atoms. The lowest BCUT2D eigenvalue weighted by Gasteiger charge is -2.28. The van der Waals surface area contributed by atoms with Gasteiger partial charge in [-0.15, -0.1) is 0 Å². The van der Waals surface area contributed by atoms with Gasteiger partial charge in [0, 0.05) is 12.6 Å². The van der Waals surface area contributed by atoms with E-state index in [1.165, 1.54) is 19.2 Å². The number of hydrogen-bond acceptors (Lipinski definition) is 5. The first kappa shape index (κ1) is 25.9. The second kappa shape index (κ2) is 12.1. The molecule has 0 bridgehead atoms. The fourth-order valence-corrected chi connectivity index (χ4v) is 3.60. The molecule has 0 aromatic heterocycles. The van der Waals surface area contributed by atoms with Crippen molar-refractivity contribution in [1.82, 2.24) is 10.6 Å². The number of allylic oxidation sites excluding steroid dienone is 1. The fraction of sp³-hybridized carbons (Fsp3) is 0.542. The minimum atomic E-state index is -4.38. The van der Waals surface area contributed by atoms with Crippen LogP contribution in [0.15, 0.2) is 47.3 Å².